The number of hydrogen-bond donors (Lipinski definition) is 1. The van der Waals surface area contributed by atoms with Gasteiger partial charge in [-0.15, -0.1) is 0 Å². The first kappa shape index (κ1) is 19.0. The van der Waals surface area contributed by atoms with E-state index >= 15 is 0 Å². The van der Waals surface area contributed by atoms with Crippen LogP contribution in [-0.2, 0) is 20.3 Å². The van der Waals surface area contributed by atoms with Crippen molar-refractivity contribution < 1.29 is 17.7 Å². The van der Waals surface area contributed by atoms with Crippen molar-refractivity contribution in [2.24, 2.45) is 0 Å². The van der Waals surface area contributed by atoms with Gasteiger partial charge in [-0.2, -0.15) is 4.21 Å². The second-order valence-electron chi connectivity index (χ2n) is 4.83. The fourth-order valence-electron chi connectivity index (χ4n) is 1.96. The summed E-state index contributed by atoms with van der Waals surface area (Å²) in [5, 5.41) is 0. The van der Waals surface area contributed by atoms with Crippen LogP contribution in [-0.4, -0.2) is 28.6 Å². The fourth-order valence-corrected chi connectivity index (χ4v) is 2.17. The Morgan fingerprint density at radius 3 is 1.84 bits per heavy atom. The number of hydrogen-bond acceptors (Lipinski definition) is 3. The lowest BCUT2D eigenvalue weighted by atomic mass is 10.1. The van der Waals surface area contributed by atoms with Crippen LogP contribution in [0, 0.1) is 0 Å². The van der Waals surface area contributed by atoms with E-state index in [-0.39, 0.29) is 6.61 Å². The summed E-state index contributed by atoms with van der Waals surface area (Å²) in [6.07, 6.45) is 13.1. The highest BCUT2D eigenvalue weighted by atomic mass is 32.2. The fraction of sp³-hybridized carbons (Fsp3) is 1.00. The lowest BCUT2D eigenvalue weighted by Gasteiger charge is -2.04. The van der Waals surface area contributed by atoms with Crippen LogP contribution in [0.1, 0.15) is 71.1 Å². The first-order valence-electron chi connectivity index (χ1n) is 7.59. The van der Waals surface area contributed by atoms with Gasteiger partial charge in [-0.3, -0.25) is 8.74 Å². The van der Waals surface area contributed by atoms with Crippen molar-refractivity contribution in [2.45, 2.75) is 71.1 Å². The molecule has 0 saturated heterocycles. The van der Waals surface area contributed by atoms with Crippen molar-refractivity contribution >= 4 is 11.4 Å². The van der Waals surface area contributed by atoms with Gasteiger partial charge in [0.1, 0.15) is 0 Å². The molecule has 0 aromatic carbocycles. The molecule has 0 aliphatic heterocycles. The van der Waals surface area contributed by atoms with Gasteiger partial charge in [0.05, 0.1) is 13.2 Å². The SMILES string of the molecule is CCCCCCCCCCCCOCCOS(=O)O. The Morgan fingerprint density at radius 1 is 0.789 bits per heavy atom. The van der Waals surface area contributed by atoms with E-state index in [0.717, 1.165) is 13.0 Å². The molecular weight excluding hydrogens is 264 g/mol. The van der Waals surface area contributed by atoms with Crippen molar-refractivity contribution in [2.75, 3.05) is 19.8 Å². The molecule has 19 heavy (non-hydrogen) atoms. The molecule has 1 N–H and O–H groups in total. The van der Waals surface area contributed by atoms with Gasteiger partial charge in [0.2, 0.25) is 0 Å². The first-order valence-corrected chi connectivity index (χ1v) is 8.62. The van der Waals surface area contributed by atoms with Crippen LogP contribution >= 0.6 is 0 Å². The molecule has 0 aliphatic rings. The summed E-state index contributed by atoms with van der Waals surface area (Å²) in [6.45, 7) is 3.54. The van der Waals surface area contributed by atoms with Gasteiger partial charge in [0, 0.05) is 6.61 Å². The summed E-state index contributed by atoms with van der Waals surface area (Å²) in [5.74, 6) is 0. The molecule has 0 amide bonds. The third-order valence-electron chi connectivity index (χ3n) is 3.05. The molecule has 0 aromatic heterocycles. The summed E-state index contributed by atoms with van der Waals surface area (Å²) in [4.78, 5) is 0. The Morgan fingerprint density at radius 2 is 1.32 bits per heavy atom. The summed E-state index contributed by atoms with van der Waals surface area (Å²) in [6, 6.07) is 0. The van der Waals surface area contributed by atoms with E-state index in [1.165, 1.54) is 57.8 Å². The Hall–Kier alpha value is 0.0300. The van der Waals surface area contributed by atoms with Crippen LogP contribution in [0.25, 0.3) is 0 Å². The molecule has 0 saturated carbocycles. The molecule has 5 heteroatoms. The molecule has 0 spiro atoms. The van der Waals surface area contributed by atoms with E-state index in [4.69, 9.17) is 9.29 Å². The van der Waals surface area contributed by atoms with Crippen molar-refractivity contribution in [3.63, 3.8) is 0 Å². The van der Waals surface area contributed by atoms with Gasteiger partial charge in [-0.1, -0.05) is 64.7 Å². The molecule has 1 unspecified atom stereocenters. The minimum atomic E-state index is -2.16. The second kappa shape index (κ2) is 16.1. The lowest BCUT2D eigenvalue weighted by molar-refractivity contribution is 0.0982. The van der Waals surface area contributed by atoms with Crippen LogP contribution in [0.2, 0.25) is 0 Å². The number of ether oxygens (including phenoxy) is 1. The monoisotopic (exact) mass is 294 g/mol. The van der Waals surface area contributed by atoms with Gasteiger partial charge >= 0.3 is 11.4 Å². The van der Waals surface area contributed by atoms with Gasteiger partial charge in [-0.05, 0) is 6.42 Å². The van der Waals surface area contributed by atoms with E-state index in [1.807, 2.05) is 0 Å². The molecule has 1 atom stereocenters. The average Bonchev–Trinajstić information content (AvgIpc) is 2.39. The molecule has 0 bridgehead atoms. The Labute approximate surface area is 120 Å². The summed E-state index contributed by atoms with van der Waals surface area (Å²) < 4.78 is 28.2. The minimum absolute atomic E-state index is 0.181. The van der Waals surface area contributed by atoms with E-state index < -0.39 is 11.4 Å². The van der Waals surface area contributed by atoms with Crippen LogP contribution in [0.5, 0.6) is 0 Å². The van der Waals surface area contributed by atoms with E-state index in [2.05, 4.69) is 11.1 Å². The Balaban J connectivity index is 2.93. The van der Waals surface area contributed by atoms with Crippen LogP contribution < -0.4 is 0 Å². The maximum absolute atomic E-state index is 10.2. The van der Waals surface area contributed by atoms with E-state index in [1.54, 1.807) is 0 Å². The third-order valence-corrected chi connectivity index (χ3v) is 3.42. The highest BCUT2D eigenvalue weighted by molar-refractivity contribution is 7.74. The minimum Gasteiger partial charge on any atom is -0.379 e. The van der Waals surface area contributed by atoms with E-state index in [9.17, 15) is 4.21 Å². The van der Waals surface area contributed by atoms with Gasteiger partial charge < -0.3 is 4.74 Å². The molecule has 0 rings (SSSR count). The molecule has 0 aliphatic carbocycles. The predicted octanol–water partition coefficient (Wildman–Crippen LogP) is 4.08. The molecule has 116 valence electrons. The van der Waals surface area contributed by atoms with Crippen LogP contribution in [0.3, 0.4) is 0 Å². The standard InChI is InChI=1S/C14H30O4S/c1-2-3-4-5-6-7-8-9-10-11-12-17-13-14-18-19(15)16/h2-14H2,1H3,(H,15,16). The first-order chi connectivity index (χ1) is 9.27. The molecule has 0 aromatic rings. The zero-order chi connectivity index (χ0) is 14.2. The lowest BCUT2D eigenvalue weighted by Crippen LogP contribution is -2.06. The van der Waals surface area contributed by atoms with Crippen LogP contribution in [0.15, 0.2) is 0 Å². The normalized spacial score (nSPS) is 12.7. The molecular formula is C14H30O4S. The average molecular weight is 294 g/mol. The predicted molar refractivity (Wildman–Crippen MR) is 79.4 cm³/mol. The summed E-state index contributed by atoms with van der Waals surface area (Å²) in [5.41, 5.74) is 0. The smallest absolute Gasteiger partial charge is 0.301 e. The maximum atomic E-state index is 10.2. The summed E-state index contributed by atoms with van der Waals surface area (Å²) >= 11 is -2.16. The van der Waals surface area contributed by atoms with Crippen molar-refractivity contribution in [3.05, 3.63) is 0 Å². The Kier molecular flexibility index (Phi) is 16.1. The van der Waals surface area contributed by atoms with E-state index in [0.29, 0.717) is 6.61 Å². The molecule has 0 radical (unpaired) electrons. The Bertz CT molecular complexity index is 200. The van der Waals surface area contributed by atoms with Gasteiger partial charge in [0.25, 0.3) is 0 Å². The third kappa shape index (κ3) is 18.0. The highest BCUT2D eigenvalue weighted by Gasteiger charge is 1.95. The second-order valence-corrected chi connectivity index (χ2v) is 5.50. The maximum Gasteiger partial charge on any atom is 0.301 e. The van der Waals surface area contributed by atoms with Gasteiger partial charge in [-0.25, -0.2) is 0 Å². The summed E-state index contributed by atoms with van der Waals surface area (Å²) in [7, 11) is 0. The largest absolute Gasteiger partial charge is 0.379 e. The topological polar surface area (TPSA) is 55.8 Å². The highest BCUT2D eigenvalue weighted by Crippen LogP contribution is 2.10. The molecule has 0 fully saturated rings. The van der Waals surface area contributed by atoms with Crippen molar-refractivity contribution in [3.8, 4) is 0 Å². The van der Waals surface area contributed by atoms with Crippen LogP contribution in [0.4, 0.5) is 0 Å². The van der Waals surface area contributed by atoms with Gasteiger partial charge in [0.15, 0.2) is 0 Å². The quantitative estimate of drug-likeness (QED) is 0.365. The van der Waals surface area contributed by atoms with Crippen molar-refractivity contribution in [1.29, 1.82) is 0 Å². The van der Waals surface area contributed by atoms with Crippen molar-refractivity contribution in [1.82, 2.24) is 0 Å². The zero-order valence-electron chi connectivity index (χ0n) is 12.3. The number of rotatable bonds is 15. The zero-order valence-corrected chi connectivity index (χ0v) is 13.1. The number of unbranched alkanes of at least 4 members (excludes halogenated alkanes) is 9. The molecule has 0 heterocycles. The molecule has 4 nitrogen and oxygen atoms in total.